The van der Waals surface area contributed by atoms with Gasteiger partial charge in [-0.05, 0) is 31.2 Å². The minimum atomic E-state index is -0.320. The van der Waals surface area contributed by atoms with Crippen molar-refractivity contribution < 1.29 is 9.13 Å². The second-order valence-corrected chi connectivity index (χ2v) is 7.08. The molecule has 1 saturated heterocycles. The molecule has 27 heavy (non-hydrogen) atoms. The number of anilines is 1. The van der Waals surface area contributed by atoms with Crippen molar-refractivity contribution in [1.82, 2.24) is 24.8 Å². The summed E-state index contributed by atoms with van der Waals surface area (Å²) in [4.78, 5) is 6.95. The molecular weight excluding hydrogens is 347 g/mol. The van der Waals surface area contributed by atoms with Crippen LogP contribution in [0.25, 0.3) is 16.8 Å². The average molecular weight is 368 g/mol. The standard InChI is InChI=1S/C19H21FN6O/c1-12-11-25-7-5-21-17-4-6-26-19(24-17)15(9-23-26)14-8-13(2-3-16(14)20)27-18(25)10-22-12/h2-4,6,8-9,12,18,22H,5,7,10-11H2,1H3,(H,21,24)/t12-,18?/m0/s1. The van der Waals surface area contributed by atoms with Crippen LogP contribution in [-0.4, -0.2) is 57.9 Å². The highest BCUT2D eigenvalue weighted by atomic mass is 19.1. The topological polar surface area (TPSA) is 66.7 Å². The Bertz CT molecular complexity index is 989. The number of piperazine rings is 1. The van der Waals surface area contributed by atoms with Gasteiger partial charge < -0.3 is 15.4 Å². The first kappa shape index (κ1) is 16.5. The van der Waals surface area contributed by atoms with Gasteiger partial charge >= 0.3 is 0 Å². The van der Waals surface area contributed by atoms with Crippen molar-refractivity contribution in [3.8, 4) is 16.9 Å². The Morgan fingerprint density at radius 1 is 1.26 bits per heavy atom. The molecule has 8 heteroatoms. The number of hydrogen-bond acceptors (Lipinski definition) is 6. The van der Waals surface area contributed by atoms with Gasteiger partial charge in [0.1, 0.15) is 17.4 Å². The first-order valence-corrected chi connectivity index (χ1v) is 9.20. The van der Waals surface area contributed by atoms with Crippen molar-refractivity contribution in [2.45, 2.75) is 19.2 Å². The highest BCUT2D eigenvalue weighted by Crippen LogP contribution is 2.31. The van der Waals surface area contributed by atoms with Gasteiger partial charge in [-0.2, -0.15) is 5.10 Å². The maximum absolute atomic E-state index is 14.6. The molecule has 3 aromatic rings. The number of nitrogens with zero attached hydrogens (tertiary/aromatic N) is 4. The van der Waals surface area contributed by atoms with Crippen molar-refractivity contribution in [1.29, 1.82) is 0 Å². The molecule has 4 heterocycles. The number of aromatic nitrogens is 3. The normalized spacial score (nSPS) is 22.9. The molecule has 0 aliphatic carbocycles. The molecule has 0 amide bonds. The molecule has 0 saturated carbocycles. The molecule has 1 aromatic carbocycles. The number of nitrogens with one attached hydrogen (secondary N) is 2. The SMILES string of the molecule is C[C@H]1CN2CCNc3ccn4ncc(c4n3)-c3cc(ccc3F)OC2CN1. The van der Waals surface area contributed by atoms with Crippen molar-refractivity contribution in [3.63, 3.8) is 0 Å². The summed E-state index contributed by atoms with van der Waals surface area (Å²) in [5, 5.41) is 11.1. The lowest BCUT2D eigenvalue weighted by molar-refractivity contribution is -0.00214. The smallest absolute Gasteiger partial charge is 0.165 e. The third kappa shape index (κ3) is 3.00. The summed E-state index contributed by atoms with van der Waals surface area (Å²) < 4.78 is 22.5. The fourth-order valence-electron chi connectivity index (χ4n) is 3.74. The largest absolute Gasteiger partial charge is 0.474 e. The molecule has 4 bridgehead atoms. The van der Waals surface area contributed by atoms with E-state index < -0.39 is 0 Å². The van der Waals surface area contributed by atoms with E-state index in [2.05, 4.69) is 32.5 Å². The lowest BCUT2D eigenvalue weighted by Gasteiger charge is -2.39. The van der Waals surface area contributed by atoms with Crippen LogP contribution in [0.4, 0.5) is 10.2 Å². The zero-order chi connectivity index (χ0) is 18.4. The van der Waals surface area contributed by atoms with Gasteiger partial charge in [-0.3, -0.25) is 4.90 Å². The van der Waals surface area contributed by atoms with E-state index in [0.29, 0.717) is 28.6 Å². The van der Waals surface area contributed by atoms with Crippen LogP contribution in [0.15, 0.2) is 36.7 Å². The average Bonchev–Trinajstić information content (AvgIpc) is 3.08. The van der Waals surface area contributed by atoms with Crippen LogP contribution < -0.4 is 15.4 Å². The maximum atomic E-state index is 14.6. The lowest BCUT2D eigenvalue weighted by Crippen LogP contribution is -2.58. The number of hydrogen-bond donors (Lipinski definition) is 2. The van der Waals surface area contributed by atoms with Crippen molar-refractivity contribution >= 4 is 11.5 Å². The number of fused-ring (bicyclic) bond motifs is 5. The van der Waals surface area contributed by atoms with E-state index in [4.69, 9.17) is 4.74 Å². The number of benzene rings is 1. The van der Waals surface area contributed by atoms with Gasteiger partial charge in [0.25, 0.3) is 0 Å². The van der Waals surface area contributed by atoms with E-state index in [1.54, 1.807) is 22.8 Å². The van der Waals surface area contributed by atoms with Crippen LogP contribution in [0, 0.1) is 5.82 Å². The highest BCUT2D eigenvalue weighted by molar-refractivity contribution is 5.78. The molecule has 2 aliphatic heterocycles. The summed E-state index contributed by atoms with van der Waals surface area (Å²) in [5.74, 6) is 1.07. The minimum Gasteiger partial charge on any atom is -0.474 e. The lowest BCUT2D eigenvalue weighted by atomic mass is 10.1. The Labute approximate surface area is 156 Å². The second-order valence-electron chi connectivity index (χ2n) is 7.08. The van der Waals surface area contributed by atoms with Gasteiger partial charge in [-0.25, -0.2) is 13.9 Å². The van der Waals surface area contributed by atoms with E-state index in [9.17, 15) is 4.39 Å². The van der Waals surface area contributed by atoms with Crippen LogP contribution in [-0.2, 0) is 0 Å². The van der Waals surface area contributed by atoms with E-state index in [1.807, 2.05) is 12.3 Å². The van der Waals surface area contributed by atoms with E-state index >= 15 is 0 Å². The summed E-state index contributed by atoms with van der Waals surface area (Å²) in [7, 11) is 0. The van der Waals surface area contributed by atoms with Crippen LogP contribution in [0.3, 0.4) is 0 Å². The van der Waals surface area contributed by atoms with Crippen molar-refractivity contribution in [2.24, 2.45) is 0 Å². The zero-order valence-corrected chi connectivity index (χ0v) is 15.0. The van der Waals surface area contributed by atoms with Crippen LogP contribution in [0.2, 0.25) is 0 Å². The quantitative estimate of drug-likeness (QED) is 0.632. The molecule has 2 N–H and O–H groups in total. The summed E-state index contributed by atoms with van der Waals surface area (Å²) >= 11 is 0. The summed E-state index contributed by atoms with van der Waals surface area (Å²) in [6.45, 7) is 5.34. The van der Waals surface area contributed by atoms with Crippen LogP contribution in [0.1, 0.15) is 6.92 Å². The molecule has 2 aliphatic rings. The Morgan fingerprint density at radius 3 is 3.11 bits per heavy atom. The molecule has 2 aromatic heterocycles. The van der Waals surface area contributed by atoms with Gasteiger partial charge in [0, 0.05) is 49.5 Å². The number of ether oxygens (including phenoxy) is 1. The van der Waals surface area contributed by atoms with Crippen LogP contribution in [0.5, 0.6) is 5.75 Å². The van der Waals surface area contributed by atoms with Crippen molar-refractivity contribution in [3.05, 3.63) is 42.5 Å². The van der Waals surface area contributed by atoms with Crippen molar-refractivity contribution in [2.75, 3.05) is 31.5 Å². The van der Waals surface area contributed by atoms with E-state index in [-0.39, 0.29) is 12.0 Å². The van der Waals surface area contributed by atoms with Gasteiger partial charge in [-0.15, -0.1) is 0 Å². The molecule has 7 nitrogen and oxygen atoms in total. The third-order valence-electron chi connectivity index (χ3n) is 5.13. The van der Waals surface area contributed by atoms with Crippen LogP contribution >= 0.6 is 0 Å². The monoisotopic (exact) mass is 368 g/mol. The second kappa shape index (κ2) is 6.47. The Balaban J connectivity index is 1.62. The summed E-state index contributed by atoms with van der Waals surface area (Å²) in [6.07, 6.45) is 3.37. The Kier molecular flexibility index (Phi) is 3.95. The molecule has 0 spiro atoms. The molecule has 0 radical (unpaired) electrons. The summed E-state index contributed by atoms with van der Waals surface area (Å²) in [5.41, 5.74) is 1.70. The minimum absolute atomic E-state index is 0.106. The number of rotatable bonds is 0. The third-order valence-corrected chi connectivity index (χ3v) is 5.13. The first-order valence-electron chi connectivity index (χ1n) is 9.20. The van der Waals surface area contributed by atoms with E-state index in [0.717, 1.165) is 32.0 Å². The molecule has 1 fully saturated rings. The fraction of sp³-hybridized carbons (Fsp3) is 0.368. The summed E-state index contributed by atoms with van der Waals surface area (Å²) in [6, 6.07) is 7.13. The molecular formula is C19H21FN6O. The maximum Gasteiger partial charge on any atom is 0.165 e. The van der Waals surface area contributed by atoms with Gasteiger partial charge in [0.2, 0.25) is 0 Å². The molecule has 140 valence electrons. The Hall–Kier alpha value is -2.71. The predicted octanol–water partition coefficient (Wildman–Crippen LogP) is 1.96. The van der Waals surface area contributed by atoms with E-state index in [1.165, 1.54) is 6.07 Å². The Morgan fingerprint density at radius 2 is 2.19 bits per heavy atom. The van der Waals surface area contributed by atoms with Gasteiger partial charge in [0.15, 0.2) is 11.9 Å². The molecule has 2 atom stereocenters. The number of halogens is 1. The van der Waals surface area contributed by atoms with Gasteiger partial charge in [-0.1, -0.05) is 0 Å². The fourth-order valence-corrected chi connectivity index (χ4v) is 3.74. The first-order chi connectivity index (χ1) is 13.2. The highest BCUT2D eigenvalue weighted by Gasteiger charge is 2.27. The molecule has 5 rings (SSSR count). The molecule has 1 unspecified atom stereocenters. The predicted molar refractivity (Wildman–Crippen MR) is 100 cm³/mol. The zero-order valence-electron chi connectivity index (χ0n) is 15.0. The van der Waals surface area contributed by atoms with Gasteiger partial charge in [0.05, 0.1) is 6.20 Å².